The number of rotatable bonds is 5. The van der Waals surface area contributed by atoms with E-state index < -0.39 is 0 Å². The fourth-order valence-corrected chi connectivity index (χ4v) is 3.23. The third-order valence-electron chi connectivity index (χ3n) is 3.04. The Hall–Kier alpha value is -1.43. The lowest BCUT2D eigenvalue weighted by Gasteiger charge is -2.24. The molecule has 0 unspecified atom stereocenters. The zero-order chi connectivity index (χ0) is 16.1. The molecule has 0 aliphatic rings. The van der Waals surface area contributed by atoms with E-state index >= 15 is 0 Å². The Balaban J connectivity index is 2.08. The molecule has 0 radical (unpaired) electrons. The quantitative estimate of drug-likeness (QED) is 0.584. The van der Waals surface area contributed by atoms with Crippen LogP contribution in [-0.2, 0) is 6.54 Å². The highest BCUT2D eigenvalue weighted by Crippen LogP contribution is 2.23. The van der Waals surface area contributed by atoms with Crippen molar-refractivity contribution in [3.63, 3.8) is 0 Å². The van der Waals surface area contributed by atoms with Gasteiger partial charge in [-0.2, -0.15) is 0 Å². The Labute approximate surface area is 144 Å². The summed E-state index contributed by atoms with van der Waals surface area (Å²) in [5, 5.41) is 3.58. The summed E-state index contributed by atoms with van der Waals surface area (Å²) in [4.78, 5) is 3.05. The van der Waals surface area contributed by atoms with Gasteiger partial charge in [0.1, 0.15) is 5.82 Å². The first-order chi connectivity index (χ1) is 10.5. The number of aryl methyl sites for hydroxylation is 1. The van der Waals surface area contributed by atoms with Crippen LogP contribution in [0.1, 0.15) is 10.4 Å². The molecule has 0 amide bonds. The van der Waals surface area contributed by atoms with Crippen LogP contribution in [0.4, 0.5) is 10.1 Å². The summed E-state index contributed by atoms with van der Waals surface area (Å²) < 4.78 is 14.3. The monoisotopic (exact) mass is 354 g/mol. The average Bonchev–Trinajstić information content (AvgIpc) is 2.88. The van der Waals surface area contributed by atoms with Gasteiger partial charge in [0.25, 0.3) is 0 Å². The SMILES string of the molecule is C=CCN(Cc1ccc(Cl)s1)C(=S)Nc1ccc(C)c(F)c1. The smallest absolute Gasteiger partial charge is 0.174 e. The van der Waals surface area contributed by atoms with Gasteiger partial charge in [0.05, 0.1) is 10.9 Å². The highest BCUT2D eigenvalue weighted by atomic mass is 35.5. The van der Waals surface area contributed by atoms with Gasteiger partial charge in [0.2, 0.25) is 0 Å². The fourth-order valence-electron chi connectivity index (χ4n) is 1.87. The Morgan fingerprint density at radius 3 is 2.82 bits per heavy atom. The van der Waals surface area contributed by atoms with Crippen LogP contribution in [-0.4, -0.2) is 16.6 Å². The van der Waals surface area contributed by atoms with Crippen molar-refractivity contribution in [3.8, 4) is 0 Å². The zero-order valence-electron chi connectivity index (χ0n) is 12.1. The average molecular weight is 355 g/mol. The maximum absolute atomic E-state index is 13.6. The van der Waals surface area contributed by atoms with Crippen LogP contribution in [0, 0.1) is 12.7 Å². The van der Waals surface area contributed by atoms with Gasteiger partial charge in [-0.05, 0) is 49.0 Å². The molecule has 2 aromatic rings. The van der Waals surface area contributed by atoms with Gasteiger partial charge >= 0.3 is 0 Å². The molecule has 1 N–H and O–H groups in total. The fraction of sp³-hybridized carbons (Fsp3) is 0.188. The lowest BCUT2D eigenvalue weighted by Crippen LogP contribution is -2.34. The lowest BCUT2D eigenvalue weighted by atomic mass is 10.2. The molecular weight excluding hydrogens is 339 g/mol. The molecule has 0 bridgehead atoms. The number of nitrogens with zero attached hydrogens (tertiary/aromatic N) is 1. The molecule has 1 aromatic heterocycles. The van der Waals surface area contributed by atoms with Gasteiger partial charge < -0.3 is 10.2 Å². The summed E-state index contributed by atoms with van der Waals surface area (Å²) >= 11 is 12.9. The highest BCUT2D eigenvalue weighted by molar-refractivity contribution is 7.80. The van der Waals surface area contributed by atoms with Crippen LogP contribution in [0.3, 0.4) is 0 Å². The maximum atomic E-state index is 13.6. The molecule has 0 aliphatic carbocycles. The Bertz CT molecular complexity index is 685. The van der Waals surface area contributed by atoms with Gasteiger partial charge in [-0.25, -0.2) is 4.39 Å². The summed E-state index contributed by atoms with van der Waals surface area (Å²) in [5.74, 6) is -0.256. The van der Waals surface area contributed by atoms with Crippen LogP contribution in [0.2, 0.25) is 4.34 Å². The van der Waals surface area contributed by atoms with E-state index in [1.54, 1.807) is 25.1 Å². The third kappa shape index (κ3) is 4.53. The zero-order valence-corrected chi connectivity index (χ0v) is 14.5. The van der Waals surface area contributed by atoms with Crippen LogP contribution in [0.15, 0.2) is 43.0 Å². The number of thiophene rings is 1. The normalized spacial score (nSPS) is 10.3. The molecular formula is C16H16ClFN2S2. The number of hydrogen-bond donors (Lipinski definition) is 1. The van der Waals surface area contributed by atoms with Crippen LogP contribution in [0.25, 0.3) is 0 Å². The van der Waals surface area contributed by atoms with E-state index in [4.69, 9.17) is 23.8 Å². The first kappa shape index (κ1) is 16.9. The number of anilines is 1. The molecule has 6 heteroatoms. The second-order valence-corrected chi connectivity index (χ2v) is 6.96. The van der Waals surface area contributed by atoms with Crippen molar-refractivity contribution in [2.24, 2.45) is 0 Å². The topological polar surface area (TPSA) is 15.3 Å². The number of halogens is 2. The Kier molecular flexibility index (Phi) is 5.94. The van der Waals surface area contributed by atoms with E-state index in [1.165, 1.54) is 17.4 Å². The van der Waals surface area contributed by atoms with Gasteiger partial charge in [0.15, 0.2) is 5.11 Å². The van der Waals surface area contributed by atoms with Gasteiger partial charge in [-0.15, -0.1) is 17.9 Å². The molecule has 0 spiro atoms. The van der Waals surface area contributed by atoms with Crippen LogP contribution in [0.5, 0.6) is 0 Å². The van der Waals surface area contributed by atoms with Crippen LogP contribution < -0.4 is 5.32 Å². The predicted molar refractivity (Wildman–Crippen MR) is 97.3 cm³/mol. The lowest BCUT2D eigenvalue weighted by molar-refractivity contribution is 0.468. The van der Waals surface area contributed by atoms with Crippen molar-refractivity contribution in [3.05, 3.63) is 63.6 Å². The third-order valence-corrected chi connectivity index (χ3v) is 4.61. The summed E-state index contributed by atoms with van der Waals surface area (Å²) in [5.41, 5.74) is 1.24. The van der Waals surface area contributed by atoms with Crippen molar-refractivity contribution in [2.45, 2.75) is 13.5 Å². The first-order valence-corrected chi connectivity index (χ1v) is 8.27. The van der Waals surface area contributed by atoms with Crippen LogP contribution >= 0.6 is 35.2 Å². The molecule has 1 aromatic carbocycles. The number of nitrogens with one attached hydrogen (secondary N) is 1. The second kappa shape index (κ2) is 7.72. The minimum Gasteiger partial charge on any atom is -0.340 e. The van der Waals surface area contributed by atoms with Gasteiger partial charge in [-0.3, -0.25) is 0 Å². The minimum atomic E-state index is -0.256. The molecule has 0 fully saturated rings. The van der Waals surface area contributed by atoms with E-state index in [1.807, 2.05) is 17.0 Å². The molecule has 116 valence electrons. The van der Waals surface area contributed by atoms with E-state index in [0.29, 0.717) is 29.5 Å². The predicted octanol–water partition coefficient (Wildman–Crippen LogP) is 5.23. The van der Waals surface area contributed by atoms with Crippen molar-refractivity contribution in [2.75, 3.05) is 11.9 Å². The largest absolute Gasteiger partial charge is 0.340 e. The highest BCUT2D eigenvalue weighted by Gasteiger charge is 2.11. The minimum absolute atomic E-state index is 0.256. The number of benzene rings is 1. The Morgan fingerprint density at radius 1 is 1.45 bits per heavy atom. The summed E-state index contributed by atoms with van der Waals surface area (Å²) in [6.07, 6.45) is 1.78. The second-order valence-electron chi connectivity index (χ2n) is 4.77. The van der Waals surface area contributed by atoms with E-state index in [-0.39, 0.29) is 5.82 Å². The molecule has 0 saturated heterocycles. The van der Waals surface area contributed by atoms with Crippen molar-refractivity contribution >= 4 is 46.0 Å². The molecule has 22 heavy (non-hydrogen) atoms. The number of hydrogen-bond acceptors (Lipinski definition) is 2. The maximum Gasteiger partial charge on any atom is 0.174 e. The molecule has 2 rings (SSSR count). The summed E-state index contributed by atoms with van der Waals surface area (Å²) in [7, 11) is 0. The van der Waals surface area contributed by atoms with Gasteiger partial charge in [0, 0.05) is 17.1 Å². The summed E-state index contributed by atoms with van der Waals surface area (Å²) in [6, 6.07) is 8.79. The van der Waals surface area contributed by atoms with E-state index in [9.17, 15) is 4.39 Å². The summed E-state index contributed by atoms with van der Waals surface area (Å²) in [6.45, 7) is 6.70. The van der Waals surface area contributed by atoms with Crippen molar-refractivity contribution in [1.29, 1.82) is 0 Å². The standard InChI is InChI=1S/C16H16ClFN2S2/c1-3-8-20(10-13-6-7-15(17)22-13)16(21)19-12-5-4-11(2)14(18)9-12/h3-7,9H,1,8,10H2,2H3,(H,19,21). The van der Waals surface area contributed by atoms with Gasteiger partial charge in [-0.1, -0.05) is 23.7 Å². The molecule has 1 heterocycles. The van der Waals surface area contributed by atoms with Crippen molar-refractivity contribution in [1.82, 2.24) is 4.90 Å². The molecule has 0 aliphatic heterocycles. The first-order valence-electron chi connectivity index (χ1n) is 6.67. The van der Waals surface area contributed by atoms with E-state index in [0.717, 1.165) is 9.21 Å². The number of thiocarbonyl (C=S) groups is 1. The molecule has 0 saturated carbocycles. The molecule has 0 atom stereocenters. The van der Waals surface area contributed by atoms with E-state index in [2.05, 4.69) is 11.9 Å². The van der Waals surface area contributed by atoms with Crippen molar-refractivity contribution < 1.29 is 4.39 Å². The molecule has 2 nitrogen and oxygen atoms in total. The Morgan fingerprint density at radius 2 is 2.23 bits per heavy atom.